The molecule has 0 fully saturated rings. The summed E-state index contributed by atoms with van der Waals surface area (Å²) in [6.07, 6.45) is 2.08. The molecule has 0 bridgehead atoms. The minimum absolute atomic E-state index is 0.0347. The van der Waals surface area contributed by atoms with E-state index in [1.165, 1.54) is 10.6 Å². The quantitative estimate of drug-likeness (QED) is 0.853. The molecule has 1 unspecified atom stereocenters. The minimum Gasteiger partial charge on any atom is -0.393 e. The minimum atomic E-state index is -0.414. The second-order valence-corrected chi connectivity index (χ2v) is 5.50. The molecule has 0 aromatic carbocycles. The average molecular weight is 331 g/mol. The van der Waals surface area contributed by atoms with Crippen LogP contribution in [0.15, 0.2) is 27.6 Å². The molecule has 0 spiro atoms. The summed E-state index contributed by atoms with van der Waals surface area (Å²) in [6, 6.07) is 3.14. The van der Waals surface area contributed by atoms with E-state index >= 15 is 0 Å². The molecule has 0 aliphatic heterocycles. The van der Waals surface area contributed by atoms with Crippen molar-refractivity contribution in [2.75, 3.05) is 13.6 Å². The van der Waals surface area contributed by atoms with E-state index in [2.05, 4.69) is 15.9 Å². The maximum absolute atomic E-state index is 11.8. The van der Waals surface area contributed by atoms with Crippen molar-refractivity contribution in [3.05, 3.63) is 33.2 Å². The van der Waals surface area contributed by atoms with Gasteiger partial charge in [0.15, 0.2) is 0 Å². The van der Waals surface area contributed by atoms with Gasteiger partial charge in [0.05, 0.1) is 6.10 Å². The van der Waals surface area contributed by atoms with Crippen LogP contribution in [0.1, 0.15) is 19.8 Å². The first-order valence-corrected chi connectivity index (χ1v) is 6.97. The first-order valence-electron chi connectivity index (χ1n) is 6.18. The van der Waals surface area contributed by atoms with E-state index in [1.54, 1.807) is 31.1 Å². The SMILES string of the molecule is CC(O)CCN(C)C(=O)CCn1cc(Br)ccc1=O. The second kappa shape index (κ2) is 7.45. The lowest BCUT2D eigenvalue weighted by molar-refractivity contribution is -0.130. The number of amides is 1. The van der Waals surface area contributed by atoms with E-state index in [4.69, 9.17) is 5.11 Å². The van der Waals surface area contributed by atoms with Gasteiger partial charge in [-0.1, -0.05) is 0 Å². The number of rotatable bonds is 6. The van der Waals surface area contributed by atoms with Crippen LogP contribution in [0.5, 0.6) is 0 Å². The highest BCUT2D eigenvalue weighted by Crippen LogP contribution is 2.05. The lowest BCUT2D eigenvalue weighted by Gasteiger charge is -2.18. The van der Waals surface area contributed by atoms with Gasteiger partial charge in [-0.05, 0) is 35.3 Å². The number of aryl methyl sites for hydroxylation is 1. The molecule has 0 saturated carbocycles. The molecule has 1 amide bonds. The first-order chi connectivity index (χ1) is 8.90. The molecular formula is C13H19BrN2O3. The first kappa shape index (κ1) is 15.9. The van der Waals surface area contributed by atoms with E-state index in [-0.39, 0.29) is 17.9 Å². The molecule has 19 heavy (non-hydrogen) atoms. The van der Waals surface area contributed by atoms with Crippen molar-refractivity contribution >= 4 is 21.8 Å². The Hall–Kier alpha value is -1.14. The van der Waals surface area contributed by atoms with Crippen LogP contribution in [0, 0.1) is 0 Å². The molecule has 1 heterocycles. The van der Waals surface area contributed by atoms with Crippen molar-refractivity contribution in [2.24, 2.45) is 0 Å². The van der Waals surface area contributed by atoms with Gasteiger partial charge >= 0.3 is 0 Å². The predicted octanol–water partition coefficient (Wildman–Crippen LogP) is 1.23. The molecule has 106 valence electrons. The van der Waals surface area contributed by atoms with Crippen LogP contribution in [0.25, 0.3) is 0 Å². The molecule has 0 aliphatic rings. The standard InChI is InChI=1S/C13H19BrN2O3/c1-10(17)5-7-15(2)12(18)6-8-16-9-11(14)3-4-13(16)19/h3-4,9-10,17H,5-8H2,1-2H3. The molecule has 5 nitrogen and oxygen atoms in total. The van der Waals surface area contributed by atoms with Gasteiger partial charge in [-0.25, -0.2) is 0 Å². The third kappa shape index (κ3) is 5.57. The Labute approximate surface area is 121 Å². The van der Waals surface area contributed by atoms with Gasteiger partial charge < -0.3 is 14.6 Å². The second-order valence-electron chi connectivity index (χ2n) is 4.58. The van der Waals surface area contributed by atoms with Crippen LogP contribution in [0.3, 0.4) is 0 Å². The number of aliphatic hydroxyl groups is 1. The Kier molecular flexibility index (Phi) is 6.24. The number of nitrogens with zero attached hydrogens (tertiary/aromatic N) is 2. The number of hydrogen-bond acceptors (Lipinski definition) is 3. The van der Waals surface area contributed by atoms with E-state index < -0.39 is 6.10 Å². The summed E-state index contributed by atoms with van der Waals surface area (Å²) in [5, 5.41) is 9.17. The number of aromatic nitrogens is 1. The molecule has 1 N–H and O–H groups in total. The van der Waals surface area contributed by atoms with Crippen molar-refractivity contribution < 1.29 is 9.90 Å². The fraction of sp³-hybridized carbons (Fsp3) is 0.538. The third-order valence-corrected chi connectivity index (χ3v) is 3.29. The fourth-order valence-electron chi connectivity index (χ4n) is 1.59. The lowest BCUT2D eigenvalue weighted by atomic mass is 10.2. The van der Waals surface area contributed by atoms with Gasteiger partial charge in [0, 0.05) is 43.3 Å². The summed E-state index contributed by atoms with van der Waals surface area (Å²) in [6.45, 7) is 2.57. The number of carbonyl (C=O) groups excluding carboxylic acids is 1. The molecule has 1 aromatic rings. The topological polar surface area (TPSA) is 62.5 Å². The summed E-state index contributed by atoms with van der Waals surface area (Å²) in [7, 11) is 1.70. The van der Waals surface area contributed by atoms with Gasteiger partial charge in [-0.3, -0.25) is 9.59 Å². The zero-order valence-electron chi connectivity index (χ0n) is 11.2. The monoisotopic (exact) mass is 330 g/mol. The van der Waals surface area contributed by atoms with Crippen LogP contribution in [-0.2, 0) is 11.3 Å². The maximum atomic E-state index is 11.8. The molecule has 1 rings (SSSR count). The highest BCUT2D eigenvalue weighted by atomic mass is 79.9. The van der Waals surface area contributed by atoms with Gasteiger partial charge in [0.25, 0.3) is 5.56 Å². The highest BCUT2D eigenvalue weighted by molar-refractivity contribution is 9.10. The highest BCUT2D eigenvalue weighted by Gasteiger charge is 2.10. The molecule has 1 atom stereocenters. The van der Waals surface area contributed by atoms with E-state index in [1.807, 2.05) is 0 Å². The molecule has 0 aliphatic carbocycles. The van der Waals surface area contributed by atoms with Crippen LogP contribution < -0.4 is 5.56 Å². The Morgan fingerprint density at radius 3 is 2.84 bits per heavy atom. The summed E-state index contributed by atoms with van der Waals surface area (Å²) >= 11 is 3.29. The molecule has 0 radical (unpaired) electrons. The van der Waals surface area contributed by atoms with Crippen molar-refractivity contribution in [3.8, 4) is 0 Å². The summed E-state index contributed by atoms with van der Waals surface area (Å²) in [4.78, 5) is 25.0. The summed E-state index contributed by atoms with van der Waals surface area (Å²) < 4.78 is 2.31. The van der Waals surface area contributed by atoms with Crippen LogP contribution in [0.4, 0.5) is 0 Å². The van der Waals surface area contributed by atoms with Gasteiger partial charge in [0.2, 0.25) is 5.91 Å². The maximum Gasteiger partial charge on any atom is 0.250 e. The molecular weight excluding hydrogens is 312 g/mol. The van der Waals surface area contributed by atoms with Crippen LogP contribution in [-0.4, -0.2) is 40.2 Å². The van der Waals surface area contributed by atoms with E-state index in [9.17, 15) is 9.59 Å². The average Bonchev–Trinajstić information content (AvgIpc) is 2.36. The number of halogens is 1. The third-order valence-electron chi connectivity index (χ3n) is 2.82. The van der Waals surface area contributed by atoms with E-state index in [0.717, 1.165) is 4.47 Å². The smallest absolute Gasteiger partial charge is 0.250 e. The van der Waals surface area contributed by atoms with Gasteiger partial charge in [-0.2, -0.15) is 0 Å². The van der Waals surface area contributed by atoms with Crippen LogP contribution in [0.2, 0.25) is 0 Å². The Morgan fingerprint density at radius 2 is 2.21 bits per heavy atom. The predicted molar refractivity (Wildman–Crippen MR) is 77.0 cm³/mol. The van der Waals surface area contributed by atoms with Crippen molar-refractivity contribution in [1.82, 2.24) is 9.47 Å². The van der Waals surface area contributed by atoms with Crippen molar-refractivity contribution in [3.63, 3.8) is 0 Å². The Morgan fingerprint density at radius 1 is 1.53 bits per heavy atom. The number of pyridine rings is 1. The zero-order chi connectivity index (χ0) is 14.4. The molecule has 6 heteroatoms. The van der Waals surface area contributed by atoms with E-state index in [0.29, 0.717) is 19.5 Å². The Bertz CT molecular complexity index is 485. The fourth-order valence-corrected chi connectivity index (χ4v) is 1.97. The Balaban J connectivity index is 2.49. The number of hydrogen-bond donors (Lipinski definition) is 1. The summed E-state index contributed by atoms with van der Waals surface area (Å²) in [5.41, 5.74) is -0.123. The number of aliphatic hydroxyl groups excluding tert-OH is 1. The molecule has 1 aromatic heterocycles. The summed E-state index contributed by atoms with van der Waals surface area (Å²) in [5.74, 6) is -0.0347. The number of carbonyl (C=O) groups is 1. The zero-order valence-corrected chi connectivity index (χ0v) is 12.8. The van der Waals surface area contributed by atoms with Crippen molar-refractivity contribution in [2.45, 2.75) is 32.4 Å². The lowest BCUT2D eigenvalue weighted by Crippen LogP contribution is -2.31. The van der Waals surface area contributed by atoms with Crippen molar-refractivity contribution in [1.29, 1.82) is 0 Å². The normalized spacial score (nSPS) is 12.2. The van der Waals surface area contributed by atoms with Gasteiger partial charge in [0.1, 0.15) is 0 Å². The largest absolute Gasteiger partial charge is 0.393 e. The molecule has 0 saturated heterocycles. The van der Waals surface area contributed by atoms with Crippen LogP contribution >= 0.6 is 15.9 Å². The van der Waals surface area contributed by atoms with Gasteiger partial charge in [-0.15, -0.1) is 0 Å².